The minimum Gasteiger partial charge on any atom is -0.385 e. The summed E-state index contributed by atoms with van der Waals surface area (Å²) in [5, 5.41) is 3.51. The first-order chi connectivity index (χ1) is 11.3. The zero-order chi connectivity index (χ0) is 16.3. The highest BCUT2D eigenvalue weighted by atomic mass is 127. The Morgan fingerprint density at radius 1 is 1.25 bits per heavy atom. The molecular formula is C19H32IN3O. The van der Waals surface area contributed by atoms with E-state index in [4.69, 9.17) is 4.74 Å². The molecule has 1 aromatic rings. The minimum atomic E-state index is 0. The number of rotatable bonds is 8. The molecular weight excluding hydrogens is 413 g/mol. The van der Waals surface area contributed by atoms with Gasteiger partial charge in [0.05, 0.1) is 0 Å². The summed E-state index contributed by atoms with van der Waals surface area (Å²) in [6.07, 6.45) is 5.94. The molecule has 136 valence electrons. The molecule has 1 aliphatic heterocycles. The Labute approximate surface area is 164 Å². The number of guanidine groups is 1. The minimum absolute atomic E-state index is 0. The van der Waals surface area contributed by atoms with Gasteiger partial charge in [0.15, 0.2) is 5.96 Å². The summed E-state index contributed by atoms with van der Waals surface area (Å²) in [6, 6.07) is 10.8. The van der Waals surface area contributed by atoms with E-state index in [0.717, 1.165) is 44.5 Å². The Kier molecular flexibility index (Phi) is 11.1. The lowest BCUT2D eigenvalue weighted by Gasteiger charge is -2.21. The smallest absolute Gasteiger partial charge is 0.193 e. The van der Waals surface area contributed by atoms with Crippen molar-refractivity contribution in [1.29, 1.82) is 0 Å². The molecule has 1 saturated heterocycles. The molecule has 1 aliphatic rings. The standard InChI is InChI=1S/C19H31N3O.HI/c1-20-19(21-12-7-4-8-14-23-2)22-13-11-18(16-22)15-17-9-5-3-6-10-17;/h3,5-6,9-10,18H,4,7-8,11-16H2,1-2H3,(H,20,21);1H. The van der Waals surface area contributed by atoms with E-state index in [1.807, 2.05) is 7.05 Å². The maximum atomic E-state index is 5.08. The molecule has 1 heterocycles. The second kappa shape index (κ2) is 12.5. The summed E-state index contributed by atoms with van der Waals surface area (Å²) in [5.41, 5.74) is 1.44. The van der Waals surface area contributed by atoms with E-state index in [0.29, 0.717) is 0 Å². The van der Waals surface area contributed by atoms with Crippen molar-refractivity contribution in [3.05, 3.63) is 35.9 Å². The number of hydrogen-bond acceptors (Lipinski definition) is 2. The van der Waals surface area contributed by atoms with Gasteiger partial charge in [-0.05, 0) is 43.6 Å². The summed E-state index contributed by atoms with van der Waals surface area (Å²) >= 11 is 0. The molecule has 1 aromatic carbocycles. The number of nitrogens with zero attached hydrogens (tertiary/aromatic N) is 2. The third-order valence-electron chi connectivity index (χ3n) is 4.47. The lowest BCUT2D eigenvalue weighted by Crippen LogP contribution is -2.40. The molecule has 4 nitrogen and oxygen atoms in total. The van der Waals surface area contributed by atoms with Crippen LogP contribution in [0.2, 0.25) is 0 Å². The van der Waals surface area contributed by atoms with Gasteiger partial charge < -0.3 is 15.0 Å². The van der Waals surface area contributed by atoms with Crippen molar-refractivity contribution in [1.82, 2.24) is 10.2 Å². The van der Waals surface area contributed by atoms with Crippen LogP contribution >= 0.6 is 24.0 Å². The van der Waals surface area contributed by atoms with Gasteiger partial charge in [-0.3, -0.25) is 4.99 Å². The van der Waals surface area contributed by atoms with Crippen LogP contribution in [0.4, 0.5) is 0 Å². The first-order valence-electron chi connectivity index (χ1n) is 8.82. The van der Waals surface area contributed by atoms with Crippen molar-refractivity contribution in [3.63, 3.8) is 0 Å². The van der Waals surface area contributed by atoms with Crippen LogP contribution in [0.3, 0.4) is 0 Å². The average Bonchev–Trinajstić information content (AvgIpc) is 3.03. The highest BCUT2D eigenvalue weighted by Crippen LogP contribution is 2.20. The number of benzene rings is 1. The lowest BCUT2D eigenvalue weighted by molar-refractivity contribution is 0.192. The van der Waals surface area contributed by atoms with Gasteiger partial charge in [0, 0.05) is 40.4 Å². The number of methoxy groups -OCH3 is 1. The van der Waals surface area contributed by atoms with E-state index in [1.165, 1.54) is 31.2 Å². The second-order valence-electron chi connectivity index (χ2n) is 6.32. The Bertz CT molecular complexity index is 467. The number of aliphatic imine (C=N–C) groups is 1. The zero-order valence-electron chi connectivity index (χ0n) is 15.0. The molecule has 0 radical (unpaired) electrons. The van der Waals surface area contributed by atoms with Gasteiger partial charge in [-0.1, -0.05) is 30.3 Å². The average molecular weight is 445 g/mol. The SMILES string of the molecule is CN=C(NCCCCCOC)N1CCC(Cc2ccccc2)C1.I. The second-order valence-corrected chi connectivity index (χ2v) is 6.32. The highest BCUT2D eigenvalue weighted by molar-refractivity contribution is 14.0. The molecule has 24 heavy (non-hydrogen) atoms. The molecule has 1 fully saturated rings. The molecule has 5 heteroatoms. The van der Waals surface area contributed by atoms with E-state index in [-0.39, 0.29) is 24.0 Å². The molecule has 0 spiro atoms. The Hall–Kier alpha value is -0.820. The first-order valence-corrected chi connectivity index (χ1v) is 8.82. The summed E-state index contributed by atoms with van der Waals surface area (Å²) < 4.78 is 5.08. The number of unbranched alkanes of at least 4 members (excludes halogenated alkanes) is 2. The van der Waals surface area contributed by atoms with Crippen molar-refractivity contribution < 1.29 is 4.74 Å². The van der Waals surface area contributed by atoms with Gasteiger partial charge >= 0.3 is 0 Å². The molecule has 0 aromatic heterocycles. The van der Waals surface area contributed by atoms with Crippen LogP contribution in [-0.4, -0.2) is 51.3 Å². The summed E-state index contributed by atoms with van der Waals surface area (Å²) in [6.45, 7) is 4.08. The molecule has 2 rings (SSSR count). The van der Waals surface area contributed by atoms with Crippen molar-refractivity contribution in [3.8, 4) is 0 Å². The summed E-state index contributed by atoms with van der Waals surface area (Å²) in [7, 11) is 3.65. The third-order valence-corrected chi connectivity index (χ3v) is 4.47. The predicted octanol–water partition coefficient (Wildman–Crippen LogP) is 3.56. The monoisotopic (exact) mass is 445 g/mol. The fourth-order valence-corrected chi connectivity index (χ4v) is 3.22. The first kappa shape index (κ1) is 21.2. The molecule has 1 atom stereocenters. The van der Waals surface area contributed by atoms with Crippen molar-refractivity contribution in [2.75, 3.05) is 40.4 Å². The van der Waals surface area contributed by atoms with Crippen LogP contribution in [0, 0.1) is 5.92 Å². The van der Waals surface area contributed by atoms with Gasteiger partial charge in [0.1, 0.15) is 0 Å². The fraction of sp³-hybridized carbons (Fsp3) is 0.632. The number of nitrogens with one attached hydrogen (secondary N) is 1. The van der Waals surface area contributed by atoms with Crippen LogP contribution in [-0.2, 0) is 11.2 Å². The lowest BCUT2D eigenvalue weighted by atomic mass is 9.99. The van der Waals surface area contributed by atoms with Crippen LogP contribution < -0.4 is 5.32 Å². The Morgan fingerprint density at radius 2 is 2.04 bits per heavy atom. The predicted molar refractivity (Wildman–Crippen MR) is 112 cm³/mol. The number of ether oxygens (including phenoxy) is 1. The van der Waals surface area contributed by atoms with Gasteiger partial charge in [0.2, 0.25) is 0 Å². The van der Waals surface area contributed by atoms with E-state index in [2.05, 4.69) is 45.5 Å². The molecule has 0 bridgehead atoms. The van der Waals surface area contributed by atoms with Crippen LogP contribution in [0.1, 0.15) is 31.2 Å². The van der Waals surface area contributed by atoms with Gasteiger partial charge in [-0.15, -0.1) is 24.0 Å². The van der Waals surface area contributed by atoms with E-state index < -0.39 is 0 Å². The topological polar surface area (TPSA) is 36.9 Å². The number of likely N-dealkylation sites (tertiary alicyclic amines) is 1. The largest absolute Gasteiger partial charge is 0.385 e. The fourth-order valence-electron chi connectivity index (χ4n) is 3.22. The maximum Gasteiger partial charge on any atom is 0.193 e. The molecule has 1 N–H and O–H groups in total. The van der Waals surface area contributed by atoms with E-state index in [9.17, 15) is 0 Å². The molecule has 1 unspecified atom stereocenters. The summed E-state index contributed by atoms with van der Waals surface area (Å²) in [4.78, 5) is 6.86. The zero-order valence-corrected chi connectivity index (χ0v) is 17.4. The van der Waals surface area contributed by atoms with Crippen molar-refractivity contribution in [2.45, 2.75) is 32.1 Å². The molecule has 0 saturated carbocycles. The third kappa shape index (κ3) is 7.38. The van der Waals surface area contributed by atoms with Gasteiger partial charge in [0.25, 0.3) is 0 Å². The molecule has 0 amide bonds. The highest BCUT2D eigenvalue weighted by Gasteiger charge is 2.24. The quantitative estimate of drug-likeness (QED) is 0.288. The van der Waals surface area contributed by atoms with Crippen molar-refractivity contribution >= 4 is 29.9 Å². The Morgan fingerprint density at radius 3 is 2.75 bits per heavy atom. The van der Waals surface area contributed by atoms with E-state index >= 15 is 0 Å². The summed E-state index contributed by atoms with van der Waals surface area (Å²) in [5.74, 6) is 1.80. The van der Waals surface area contributed by atoms with Crippen LogP contribution in [0.15, 0.2) is 35.3 Å². The van der Waals surface area contributed by atoms with Gasteiger partial charge in [-0.2, -0.15) is 0 Å². The maximum absolute atomic E-state index is 5.08. The van der Waals surface area contributed by atoms with Crippen molar-refractivity contribution in [2.24, 2.45) is 10.9 Å². The van der Waals surface area contributed by atoms with Crippen LogP contribution in [0.5, 0.6) is 0 Å². The number of halogens is 1. The number of hydrogen-bond donors (Lipinski definition) is 1. The molecule has 0 aliphatic carbocycles. The van der Waals surface area contributed by atoms with Crippen LogP contribution in [0.25, 0.3) is 0 Å². The van der Waals surface area contributed by atoms with E-state index in [1.54, 1.807) is 7.11 Å². The normalized spacial score (nSPS) is 17.7. The Balaban J connectivity index is 0.00000288. The van der Waals surface area contributed by atoms with Gasteiger partial charge in [-0.25, -0.2) is 0 Å².